The number of nitrogens with two attached hydrogens (primary N) is 1. The van der Waals surface area contributed by atoms with Crippen LogP contribution in [-0.4, -0.2) is 15.7 Å². The Labute approximate surface area is 99.7 Å². The average molecular weight is 271 g/mol. The number of halogens is 4. The lowest BCUT2D eigenvalue weighted by molar-refractivity contribution is -0.141. The molecule has 0 spiro atoms. The zero-order valence-electron chi connectivity index (χ0n) is 8.97. The third-order valence-corrected chi connectivity index (χ3v) is 2.69. The molecule has 0 saturated heterocycles. The summed E-state index contributed by atoms with van der Waals surface area (Å²) in [6.45, 7) is 2.70. The molecule has 9 heteroatoms. The first-order chi connectivity index (χ1) is 7.70. The minimum Gasteiger partial charge on any atom is -0.292 e. The summed E-state index contributed by atoms with van der Waals surface area (Å²) in [5.41, 5.74) is 0.670. The summed E-state index contributed by atoms with van der Waals surface area (Å²) < 4.78 is 38.4. The minimum atomic E-state index is -4.66. The molecule has 1 aromatic rings. The Morgan fingerprint density at radius 2 is 2.12 bits per heavy atom. The Balaban J connectivity index is 3.25. The maximum atomic E-state index is 12.5. The van der Waals surface area contributed by atoms with Gasteiger partial charge in [-0.25, -0.2) is 5.84 Å². The van der Waals surface area contributed by atoms with Gasteiger partial charge in [-0.1, -0.05) is 11.6 Å². The van der Waals surface area contributed by atoms with Crippen molar-refractivity contribution in [2.45, 2.75) is 26.1 Å². The second kappa shape index (κ2) is 4.53. The van der Waals surface area contributed by atoms with E-state index >= 15 is 0 Å². The van der Waals surface area contributed by atoms with Gasteiger partial charge in [-0.3, -0.25) is 14.9 Å². The highest BCUT2D eigenvalue weighted by molar-refractivity contribution is 6.32. The van der Waals surface area contributed by atoms with Crippen molar-refractivity contribution in [2.75, 3.05) is 0 Å². The fourth-order valence-electron chi connectivity index (χ4n) is 1.29. The highest BCUT2D eigenvalue weighted by atomic mass is 35.5. The van der Waals surface area contributed by atoms with Gasteiger partial charge in [-0.15, -0.1) is 0 Å². The van der Waals surface area contributed by atoms with Crippen LogP contribution in [0.15, 0.2) is 0 Å². The van der Waals surface area contributed by atoms with Gasteiger partial charge in [0.1, 0.15) is 6.04 Å². The monoisotopic (exact) mass is 270 g/mol. The molecule has 0 aliphatic carbocycles. The van der Waals surface area contributed by atoms with Crippen LogP contribution >= 0.6 is 11.6 Å². The SMILES string of the molecule is Cc1c(Cl)c(C(F)(F)F)nn1C(C)C(=O)NN. The van der Waals surface area contributed by atoms with Crippen molar-refractivity contribution in [3.63, 3.8) is 0 Å². The first kappa shape index (κ1) is 13.8. The van der Waals surface area contributed by atoms with Gasteiger partial charge in [-0.05, 0) is 13.8 Å². The maximum absolute atomic E-state index is 12.5. The third kappa shape index (κ3) is 2.52. The van der Waals surface area contributed by atoms with Crippen molar-refractivity contribution in [3.8, 4) is 0 Å². The van der Waals surface area contributed by atoms with Crippen molar-refractivity contribution < 1.29 is 18.0 Å². The Kier molecular flexibility index (Phi) is 3.68. The van der Waals surface area contributed by atoms with Gasteiger partial charge in [0.25, 0.3) is 5.91 Å². The molecule has 1 unspecified atom stereocenters. The molecule has 1 amide bonds. The van der Waals surface area contributed by atoms with E-state index in [0.29, 0.717) is 0 Å². The molecule has 5 nitrogen and oxygen atoms in total. The summed E-state index contributed by atoms with van der Waals surface area (Å²) >= 11 is 5.52. The van der Waals surface area contributed by atoms with Crippen LogP contribution in [0.2, 0.25) is 5.02 Å². The number of hydrogen-bond donors (Lipinski definition) is 2. The second-order valence-corrected chi connectivity index (χ2v) is 3.75. The molecule has 17 heavy (non-hydrogen) atoms. The molecule has 0 fully saturated rings. The lowest BCUT2D eigenvalue weighted by Crippen LogP contribution is -2.36. The lowest BCUT2D eigenvalue weighted by atomic mass is 10.3. The molecule has 0 aliphatic heterocycles. The quantitative estimate of drug-likeness (QED) is 0.485. The minimum absolute atomic E-state index is 0.0510. The number of carbonyl (C=O) groups is 1. The first-order valence-electron chi connectivity index (χ1n) is 4.52. The molecule has 3 N–H and O–H groups in total. The summed E-state index contributed by atoms with van der Waals surface area (Å²) in [5, 5.41) is 2.77. The van der Waals surface area contributed by atoms with Crippen LogP contribution in [0.1, 0.15) is 24.4 Å². The molecule has 1 heterocycles. The van der Waals surface area contributed by atoms with Crippen molar-refractivity contribution in [1.29, 1.82) is 0 Å². The number of nitrogens with zero attached hydrogens (tertiary/aromatic N) is 2. The van der Waals surface area contributed by atoms with E-state index in [9.17, 15) is 18.0 Å². The number of hydrogen-bond acceptors (Lipinski definition) is 3. The zero-order chi connectivity index (χ0) is 13.4. The van der Waals surface area contributed by atoms with E-state index in [4.69, 9.17) is 17.4 Å². The highest BCUT2D eigenvalue weighted by Crippen LogP contribution is 2.36. The predicted octanol–water partition coefficient (Wildman–Crippen LogP) is 1.41. The molecule has 0 radical (unpaired) electrons. The Bertz CT molecular complexity index is 443. The zero-order valence-corrected chi connectivity index (χ0v) is 9.73. The van der Waals surface area contributed by atoms with Gasteiger partial charge < -0.3 is 0 Å². The van der Waals surface area contributed by atoms with Crippen LogP contribution in [0.3, 0.4) is 0 Å². The van der Waals surface area contributed by atoms with Crippen LogP contribution < -0.4 is 11.3 Å². The van der Waals surface area contributed by atoms with Gasteiger partial charge >= 0.3 is 6.18 Å². The summed E-state index contributed by atoms with van der Waals surface area (Å²) in [4.78, 5) is 11.2. The van der Waals surface area contributed by atoms with E-state index in [2.05, 4.69) is 5.10 Å². The topological polar surface area (TPSA) is 72.9 Å². The Morgan fingerprint density at radius 3 is 2.47 bits per heavy atom. The fourth-order valence-corrected chi connectivity index (χ4v) is 1.52. The normalized spacial score (nSPS) is 13.6. The number of alkyl halides is 3. The second-order valence-electron chi connectivity index (χ2n) is 3.37. The van der Waals surface area contributed by atoms with Crippen LogP contribution in [0.25, 0.3) is 0 Å². The maximum Gasteiger partial charge on any atom is 0.436 e. The van der Waals surface area contributed by atoms with Crippen molar-refractivity contribution in [1.82, 2.24) is 15.2 Å². The van der Waals surface area contributed by atoms with Gasteiger partial charge in [0, 0.05) is 0 Å². The Morgan fingerprint density at radius 1 is 1.59 bits per heavy atom. The highest BCUT2D eigenvalue weighted by Gasteiger charge is 2.39. The average Bonchev–Trinajstić information content (AvgIpc) is 2.53. The molecule has 1 aromatic heterocycles. The molecule has 1 rings (SSSR count). The molecule has 0 aromatic carbocycles. The number of carbonyl (C=O) groups excluding carboxylic acids is 1. The molecule has 1 atom stereocenters. The smallest absolute Gasteiger partial charge is 0.292 e. The van der Waals surface area contributed by atoms with Crippen LogP contribution in [0, 0.1) is 6.92 Å². The fraction of sp³-hybridized carbons (Fsp3) is 0.500. The van der Waals surface area contributed by atoms with Gasteiger partial charge in [-0.2, -0.15) is 18.3 Å². The molecule has 96 valence electrons. The van der Waals surface area contributed by atoms with E-state index < -0.39 is 28.8 Å². The van der Waals surface area contributed by atoms with E-state index in [1.165, 1.54) is 13.8 Å². The summed E-state index contributed by atoms with van der Waals surface area (Å²) in [5.74, 6) is 4.23. The van der Waals surface area contributed by atoms with E-state index in [-0.39, 0.29) is 5.69 Å². The number of hydrazine groups is 1. The number of amides is 1. The lowest BCUT2D eigenvalue weighted by Gasteiger charge is -2.12. The molecule has 0 saturated carbocycles. The summed E-state index contributed by atoms with van der Waals surface area (Å²) in [6.07, 6.45) is -4.66. The molecule has 0 aliphatic rings. The molecular formula is C8H10ClF3N4O. The third-order valence-electron chi connectivity index (χ3n) is 2.23. The van der Waals surface area contributed by atoms with Crippen molar-refractivity contribution in [2.24, 2.45) is 5.84 Å². The van der Waals surface area contributed by atoms with Crippen LogP contribution in [0.4, 0.5) is 13.2 Å². The van der Waals surface area contributed by atoms with Crippen LogP contribution in [-0.2, 0) is 11.0 Å². The number of rotatable bonds is 2. The molecule has 0 bridgehead atoms. The largest absolute Gasteiger partial charge is 0.436 e. The Hall–Kier alpha value is -1.28. The predicted molar refractivity (Wildman–Crippen MR) is 54.0 cm³/mol. The van der Waals surface area contributed by atoms with Gasteiger partial charge in [0.2, 0.25) is 0 Å². The number of nitrogens with one attached hydrogen (secondary N) is 1. The molecular weight excluding hydrogens is 261 g/mol. The van der Waals surface area contributed by atoms with E-state index in [0.717, 1.165) is 4.68 Å². The van der Waals surface area contributed by atoms with E-state index in [1.54, 1.807) is 0 Å². The standard InChI is InChI=1S/C8H10ClF3N4O/c1-3-5(9)6(8(10,11)12)15-16(3)4(2)7(17)14-13/h4H,13H2,1-2H3,(H,14,17). The van der Waals surface area contributed by atoms with Gasteiger partial charge in [0.05, 0.1) is 10.7 Å². The first-order valence-corrected chi connectivity index (χ1v) is 4.90. The number of aromatic nitrogens is 2. The van der Waals surface area contributed by atoms with Gasteiger partial charge in [0.15, 0.2) is 5.69 Å². The van der Waals surface area contributed by atoms with E-state index in [1.807, 2.05) is 5.43 Å². The summed E-state index contributed by atoms with van der Waals surface area (Å²) in [6, 6.07) is -0.978. The summed E-state index contributed by atoms with van der Waals surface area (Å²) in [7, 11) is 0. The van der Waals surface area contributed by atoms with Crippen LogP contribution in [0.5, 0.6) is 0 Å². The van der Waals surface area contributed by atoms with Crippen molar-refractivity contribution >= 4 is 17.5 Å². The van der Waals surface area contributed by atoms with Crippen molar-refractivity contribution in [3.05, 3.63) is 16.4 Å².